The van der Waals surface area contributed by atoms with Gasteiger partial charge in [0.05, 0.1) is 0 Å². The normalized spacial score (nSPS) is 46.0. The molecule has 4 rings (SSSR count). The quantitative estimate of drug-likeness (QED) is 0.450. The van der Waals surface area contributed by atoms with Crippen LogP contribution in [0.1, 0.15) is 98.8 Å². The van der Waals surface area contributed by atoms with E-state index in [1.54, 1.807) is 0 Å². The topological polar surface area (TPSA) is 17.1 Å². The van der Waals surface area contributed by atoms with E-state index in [0.717, 1.165) is 42.4 Å². The fourth-order valence-corrected chi connectivity index (χ4v) is 8.65. The first-order chi connectivity index (χ1) is 13.3. The Bertz CT molecular complexity index is 618. The van der Waals surface area contributed by atoms with Gasteiger partial charge >= 0.3 is 0 Å². The number of ketones is 1. The Kier molecular flexibility index (Phi) is 5.60. The van der Waals surface area contributed by atoms with Crippen molar-refractivity contribution in [1.82, 2.24) is 0 Å². The highest BCUT2D eigenvalue weighted by atomic mass is 16.1. The number of carbonyl (C=O) groups is 1. The van der Waals surface area contributed by atoms with E-state index >= 15 is 0 Å². The van der Waals surface area contributed by atoms with Crippen LogP contribution in [0.15, 0.2) is 12.2 Å². The van der Waals surface area contributed by atoms with Crippen LogP contribution in [0.25, 0.3) is 0 Å². The van der Waals surface area contributed by atoms with Crippen molar-refractivity contribution in [1.29, 1.82) is 0 Å². The van der Waals surface area contributed by atoms with Gasteiger partial charge in [0.25, 0.3) is 0 Å². The van der Waals surface area contributed by atoms with Gasteiger partial charge in [0.15, 0.2) is 0 Å². The lowest BCUT2D eigenvalue weighted by molar-refractivity contribution is -0.122. The average molecular weight is 385 g/mol. The molecule has 0 amide bonds. The first-order valence-electron chi connectivity index (χ1n) is 12.5. The summed E-state index contributed by atoms with van der Waals surface area (Å²) in [7, 11) is 0. The average Bonchev–Trinajstić information content (AvgIpc) is 3.02. The summed E-state index contributed by atoms with van der Waals surface area (Å²) < 4.78 is 0. The van der Waals surface area contributed by atoms with Crippen LogP contribution in [-0.4, -0.2) is 5.78 Å². The molecule has 4 aliphatic rings. The van der Waals surface area contributed by atoms with Crippen molar-refractivity contribution in [3.8, 4) is 0 Å². The van der Waals surface area contributed by atoms with Gasteiger partial charge in [-0.25, -0.2) is 0 Å². The lowest BCUT2D eigenvalue weighted by atomic mass is 9.45. The van der Waals surface area contributed by atoms with Gasteiger partial charge in [-0.3, -0.25) is 4.79 Å². The minimum Gasteiger partial charge on any atom is -0.299 e. The number of Topliss-reactive ketones (excluding diaryl/α,β-unsaturated/α-hetero) is 1. The monoisotopic (exact) mass is 384 g/mol. The van der Waals surface area contributed by atoms with Crippen molar-refractivity contribution >= 4 is 5.78 Å². The van der Waals surface area contributed by atoms with Crippen molar-refractivity contribution in [3.05, 3.63) is 12.2 Å². The van der Waals surface area contributed by atoms with Gasteiger partial charge in [-0.05, 0) is 104 Å². The molecule has 0 heterocycles. The number of hydrogen-bond acceptors (Lipinski definition) is 1. The Balaban J connectivity index is 1.48. The standard InChI is InChI=1S/C27H44O/c1-18(2)25(28)14-9-19(3)22-12-13-23-21-11-10-20-8-6-7-16-26(20,4)24(21)15-17-27(22,23)5/h7,16,18-24H,6,8-15,17H2,1-5H3/t19-,20?,21+,22-,23+,24+,26+,27-/m1/s1. The first kappa shape index (κ1) is 20.7. The van der Waals surface area contributed by atoms with Crippen LogP contribution in [0.2, 0.25) is 0 Å². The summed E-state index contributed by atoms with van der Waals surface area (Å²) in [4.78, 5) is 12.2. The van der Waals surface area contributed by atoms with Crippen molar-refractivity contribution in [2.45, 2.75) is 98.8 Å². The third-order valence-electron chi connectivity index (χ3n) is 10.4. The molecular formula is C27H44O. The van der Waals surface area contributed by atoms with E-state index < -0.39 is 0 Å². The molecule has 0 aliphatic heterocycles. The Morgan fingerprint density at radius 2 is 1.79 bits per heavy atom. The van der Waals surface area contributed by atoms with Crippen molar-refractivity contribution < 1.29 is 4.79 Å². The molecule has 0 aromatic rings. The molecule has 4 aliphatic carbocycles. The Morgan fingerprint density at radius 1 is 1.00 bits per heavy atom. The molecule has 3 fully saturated rings. The molecular weight excluding hydrogens is 340 g/mol. The molecule has 0 saturated heterocycles. The summed E-state index contributed by atoms with van der Waals surface area (Å²) in [5.74, 6) is 5.98. The van der Waals surface area contributed by atoms with Crippen molar-refractivity contribution in [2.75, 3.05) is 0 Å². The van der Waals surface area contributed by atoms with Gasteiger partial charge in [0.2, 0.25) is 0 Å². The van der Waals surface area contributed by atoms with Crippen molar-refractivity contribution in [2.24, 2.45) is 52.3 Å². The molecule has 8 atom stereocenters. The van der Waals surface area contributed by atoms with Gasteiger partial charge in [-0.1, -0.05) is 46.8 Å². The molecule has 0 bridgehead atoms. The van der Waals surface area contributed by atoms with Gasteiger partial charge < -0.3 is 0 Å². The van der Waals surface area contributed by atoms with Crippen LogP contribution < -0.4 is 0 Å². The number of carbonyl (C=O) groups excluding carboxylic acids is 1. The summed E-state index contributed by atoms with van der Waals surface area (Å²) in [6.45, 7) is 11.8. The highest BCUT2D eigenvalue weighted by Gasteiger charge is 2.59. The lowest BCUT2D eigenvalue weighted by Gasteiger charge is -2.59. The molecule has 158 valence electrons. The highest BCUT2D eigenvalue weighted by molar-refractivity contribution is 5.80. The van der Waals surface area contributed by atoms with Crippen LogP contribution in [0.4, 0.5) is 0 Å². The maximum atomic E-state index is 12.2. The molecule has 0 radical (unpaired) electrons. The third kappa shape index (κ3) is 3.24. The van der Waals surface area contributed by atoms with E-state index in [1.165, 1.54) is 51.4 Å². The fourth-order valence-electron chi connectivity index (χ4n) is 8.65. The second-order valence-corrected chi connectivity index (χ2v) is 11.9. The summed E-state index contributed by atoms with van der Waals surface area (Å²) >= 11 is 0. The van der Waals surface area contributed by atoms with E-state index in [1.807, 2.05) is 0 Å². The largest absolute Gasteiger partial charge is 0.299 e. The second-order valence-electron chi connectivity index (χ2n) is 11.9. The zero-order valence-electron chi connectivity index (χ0n) is 19.2. The Hall–Kier alpha value is -0.590. The molecule has 1 unspecified atom stereocenters. The maximum Gasteiger partial charge on any atom is 0.135 e. The molecule has 3 saturated carbocycles. The van der Waals surface area contributed by atoms with Crippen LogP contribution in [0.5, 0.6) is 0 Å². The summed E-state index contributed by atoms with van der Waals surface area (Å²) in [5.41, 5.74) is 1.01. The van der Waals surface area contributed by atoms with Gasteiger partial charge in [0.1, 0.15) is 5.78 Å². The van der Waals surface area contributed by atoms with E-state index in [-0.39, 0.29) is 5.92 Å². The first-order valence-corrected chi connectivity index (χ1v) is 12.5. The predicted octanol–water partition coefficient (Wildman–Crippen LogP) is 7.45. The minimum absolute atomic E-state index is 0.203. The summed E-state index contributed by atoms with van der Waals surface area (Å²) in [6.07, 6.45) is 18.5. The minimum atomic E-state index is 0.203. The summed E-state index contributed by atoms with van der Waals surface area (Å²) in [5, 5.41) is 0. The molecule has 28 heavy (non-hydrogen) atoms. The zero-order valence-corrected chi connectivity index (χ0v) is 19.2. The van der Waals surface area contributed by atoms with E-state index in [4.69, 9.17) is 0 Å². The molecule has 0 spiro atoms. The predicted molar refractivity (Wildman–Crippen MR) is 118 cm³/mol. The number of fused-ring (bicyclic) bond motifs is 5. The van der Waals surface area contributed by atoms with Crippen molar-refractivity contribution in [3.63, 3.8) is 0 Å². The molecule has 0 aromatic heterocycles. The number of allylic oxidation sites excluding steroid dienone is 2. The highest BCUT2D eigenvalue weighted by Crippen LogP contribution is 2.67. The zero-order chi connectivity index (χ0) is 20.1. The second kappa shape index (κ2) is 7.59. The van der Waals surface area contributed by atoms with Crippen LogP contribution >= 0.6 is 0 Å². The Labute approximate surface area is 174 Å². The van der Waals surface area contributed by atoms with Gasteiger partial charge in [-0.15, -0.1) is 0 Å². The molecule has 1 heteroatoms. The van der Waals surface area contributed by atoms with E-state index in [0.29, 0.717) is 22.5 Å². The number of hydrogen-bond donors (Lipinski definition) is 0. The molecule has 0 aromatic carbocycles. The summed E-state index contributed by atoms with van der Waals surface area (Å²) in [6, 6.07) is 0. The SMILES string of the molecule is CC(C)C(=O)CC[C@@H](C)[C@H]1CC[C@H]2[C@@H]3CCC4CCC=C[C@]4(C)[C@H]3CC[C@]12C. The third-order valence-corrected chi connectivity index (χ3v) is 10.4. The van der Waals surface area contributed by atoms with Gasteiger partial charge in [0, 0.05) is 12.3 Å². The van der Waals surface area contributed by atoms with E-state index in [2.05, 4.69) is 46.8 Å². The van der Waals surface area contributed by atoms with Crippen LogP contribution in [0.3, 0.4) is 0 Å². The lowest BCUT2D eigenvalue weighted by Crippen LogP contribution is -2.52. The molecule has 1 nitrogen and oxygen atoms in total. The van der Waals surface area contributed by atoms with E-state index in [9.17, 15) is 4.79 Å². The number of rotatable bonds is 5. The molecule has 0 N–H and O–H groups in total. The van der Waals surface area contributed by atoms with Crippen LogP contribution in [-0.2, 0) is 4.79 Å². The maximum absolute atomic E-state index is 12.2. The van der Waals surface area contributed by atoms with Crippen LogP contribution in [0, 0.1) is 52.3 Å². The Morgan fingerprint density at radius 3 is 2.54 bits per heavy atom. The van der Waals surface area contributed by atoms with Gasteiger partial charge in [-0.2, -0.15) is 0 Å². The fraction of sp³-hybridized carbons (Fsp3) is 0.889. The smallest absolute Gasteiger partial charge is 0.135 e.